The molecule has 1 saturated heterocycles. The van der Waals surface area contributed by atoms with Crippen LogP contribution in [-0.4, -0.2) is 85.0 Å². The molecule has 13 nitrogen and oxygen atoms in total. The molecule has 0 saturated carbocycles. The molecule has 1 fully saturated rings. The number of alkyl halides is 1. The number of rotatable bonds is 9. The predicted molar refractivity (Wildman–Crippen MR) is 111 cm³/mol. The lowest BCUT2D eigenvalue weighted by Crippen LogP contribution is -2.67. The Hall–Kier alpha value is -2.93. The van der Waals surface area contributed by atoms with Crippen molar-refractivity contribution in [3.05, 3.63) is 0 Å². The largest absolute Gasteiger partial charge is 0.466 e. The molecule has 1 aliphatic heterocycles. The molecule has 0 spiro atoms. The number of hydrogen-bond acceptors (Lipinski definition) is 12. The van der Waals surface area contributed by atoms with E-state index in [1.807, 2.05) is 0 Å². The van der Waals surface area contributed by atoms with E-state index in [9.17, 15) is 28.8 Å². The smallest absolute Gasteiger partial charge is 0.354 e. The second-order valence-electron chi connectivity index (χ2n) is 7.41. The zero-order valence-corrected chi connectivity index (χ0v) is 20.3. The first kappa shape index (κ1) is 29.1. The minimum absolute atomic E-state index is 0.447. The van der Waals surface area contributed by atoms with Gasteiger partial charge in [-0.1, -0.05) is 11.6 Å². The van der Waals surface area contributed by atoms with Gasteiger partial charge in [-0.25, -0.2) is 4.79 Å². The summed E-state index contributed by atoms with van der Waals surface area (Å²) in [5, 5.41) is 0.276. The summed E-state index contributed by atoms with van der Waals surface area (Å²) in [4.78, 5) is 71.2. The highest BCUT2D eigenvalue weighted by molar-refractivity contribution is 6.32. The Morgan fingerprint density at radius 2 is 1.56 bits per heavy atom. The number of hydrogen-bond donors (Lipinski definition) is 1. The first-order chi connectivity index (χ1) is 15.7. The Kier molecular flexibility index (Phi) is 10.7. The number of carbonyl (C=O) groups excluding carboxylic acids is 6. The number of halogens is 1. The van der Waals surface area contributed by atoms with E-state index in [2.05, 4.69) is 10.1 Å². The monoisotopic (exact) mass is 509 g/mol. The van der Waals surface area contributed by atoms with E-state index in [0.29, 0.717) is 0 Å². The quantitative estimate of drug-likeness (QED) is 0.246. The minimum atomic E-state index is -2.24. The van der Waals surface area contributed by atoms with E-state index in [1.165, 1.54) is 0 Å². The van der Waals surface area contributed by atoms with Crippen molar-refractivity contribution in [2.24, 2.45) is 0 Å². The SMILES string of the molecule is COC(=O)[C@]1(Cl)C[C@H](OC(C)=O)[C@H](NC(C)=O)[C@@H]([C@H](OC(C)=O)[C@@H](COC(C)=O)OC(C)=O)O1. The van der Waals surface area contributed by atoms with E-state index in [1.54, 1.807) is 0 Å². The lowest BCUT2D eigenvalue weighted by Gasteiger charge is -2.46. The van der Waals surface area contributed by atoms with Gasteiger partial charge in [-0.2, -0.15) is 0 Å². The summed E-state index contributed by atoms with van der Waals surface area (Å²) in [6.07, 6.45) is -6.29. The van der Waals surface area contributed by atoms with Gasteiger partial charge < -0.3 is 33.7 Å². The highest BCUT2D eigenvalue weighted by Crippen LogP contribution is 2.38. The molecule has 0 radical (unpaired) electrons. The highest BCUT2D eigenvalue weighted by Gasteiger charge is 2.57. The zero-order chi connectivity index (χ0) is 26.2. The van der Waals surface area contributed by atoms with Crippen LogP contribution in [0.15, 0.2) is 0 Å². The van der Waals surface area contributed by atoms with Gasteiger partial charge in [0.05, 0.1) is 13.2 Å². The second-order valence-corrected chi connectivity index (χ2v) is 8.02. The third-order valence-electron chi connectivity index (χ3n) is 4.48. The van der Waals surface area contributed by atoms with Crippen molar-refractivity contribution in [3.8, 4) is 0 Å². The molecule has 0 unspecified atom stereocenters. The van der Waals surface area contributed by atoms with Crippen molar-refractivity contribution in [1.82, 2.24) is 5.32 Å². The Morgan fingerprint density at radius 3 is 2.00 bits per heavy atom. The lowest BCUT2D eigenvalue weighted by atomic mass is 9.89. The lowest BCUT2D eigenvalue weighted by molar-refractivity contribution is -0.225. The molecule has 34 heavy (non-hydrogen) atoms. The fourth-order valence-electron chi connectivity index (χ4n) is 3.38. The molecule has 1 N–H and O–H groups in total. The number of nitrogens with one attached hydrogen (secondary N) is 1. The van der Waals surface area contributed by atoms with E-state index in [4.69, 9.17) is 35.3 Å². The zero-order valence-electron chi connectivity index (χ0n) is 19.6. The topological polar surface area (TPSA) is 170 Å². The maximum Gasteiger partial charge on any atom is 0.354 e. The standard InChI is InChI=1S/C20H28ClNO12/c1-9(23)22-16-14(31-11(3)25)7-20(21,19(28)29-6)34-18(16)17(33-13(5)27)15(32-12(4)26)8-30-10(2)24/h14-18H,7-8H2,1-6H3,(H,22,23)/t14-,15+,16-,17+,18-,20-/m0/s1. The Balaban J connectivity index is 3.64. The van der Waals surface area contributed by atoms with E-state index < -0.39 is 84.3 Å². The van der Waals surface area contributed by atoms with Crippen LogP contribution in [0.4, 0.5) is 0 Å². The van der Waals surface area contributed by atoms with Crippen molar-refractivity contribution >= 4 is 47.4 Å². The molecule has 0 aromatic heterocycles. The molecule has 6 atom stereocenters. The Labute approximate surface area is 200 Å². The summed E-state index contributed by atoms with van der Waals surface area (Å²) in [5.74, 6) is -4.87. The minimum Gasteiger partial charge on any atom is -0.466 e. The molecule has 1 heterocycles. The normalized spacial score (nSPS) is 25.7. The van der Waals surface area contributed by atoms with Gasteiger partial charge in [0.25, 0.3) is 0 Å². The Bertz CT molecular complexity index is 817. The van der Waals surface area contributed by atoms with Crippen LogP contribution in [0.1, 0.15) is 41.0 Å². The highest BCUT2D eigenvalue weighted by atomic mass is 35.5. The molecule has 0 aromatic rings. The first-order valence-corrected chi connectivity index (χ1v) is 10.4. The van der Waals surface area contributed by atoms with Crippen molar-refractivity contribution in [3.63, 3.8) is 0 Å². The molecule has 192 valence electrons. The van der Waals surface area contributed by atoms with Crippen LogP contribution in [0.3, 0.4) is 0 Å². The molecule has 0 bridgehead atoms. The molecule has 1 rings (SSSR count). The van der Waals surface area contributed by atoms with Crippen LogP contribution in [0.2, 0.25) is 0 Å². The van der Waals surface area contributed by atoms with Crippen molar-refractivity contribution in [2.75, 3.05) is 13.7 Å². The Morgan fingerprint density at radius 1 is 0.971 bits per heavy atom. The second kappa shape index (κ2) is 12.5. The molecule has 0 aromatic carbocycles. The number of ether oxygens (including phenoxy) is 6. The number of amides is 1. The van der Waals surface area contributed by atoms with Gasteiger partial charge in [0.15, 0.2) is 12.2 Å². The van der Waals surface area contributed by atoms with Crippen LogP contribution in [0.25, 0.3) is 0 Å². The third-order valence-corrected chi connectivity index (χ3v) is 4.88. The van der Waals surface area contributed by atoms with Crippen LogP contribution >= 0.6 is 11.6 Å². The van der Waals surface area contributed by atoms with Gasteiger partial charge >= 0.3 is 29.8 Å². The summed E-state index contributed by atoms with van der Waals surface area (Å²) in [7, 11) is 1.04. The van der Waals surface area contributed by atoms with Gasteiger partial charge in [-0.05, 0) is 0 Å². The van der Waals surface area contributed by atoms with Crippen LogP contribution in [0.5, 0.6) is 0 Å². The molecular formula is C20H28ClNO12. The van der Waals surface area contributed by atoms with Gasteiger partial charge in [0.2, 0.25) is 11.0 Å². The van der Waals surface area contributed by atoms with Gasteiger partial charge in [-0.15, -0.1) is 0 Å². The van der Waals surface area contributed by atoms with Gasteiger partial charge in [-0.3, -0.25) is 24.0 Å². The molecular weight excluding hydrogens is 482 g/mol. The average Bonchev–Trinajstić information content (AvgIpc) is 2.69. The molecule has 1 aliphatic rings. The average molecular weight is 510 g/mol. The molecule has 14 heteroatoms. The summed E-state index contributed by atoms with van der Waals surface area (Å²) in [5.41, 5.74) is 0. The van der Waals surface area contributed by atoms with E-state index in [0.717, 1.165) is 41.7 Å². The maximum absolute atomic E-state index is 12.4. The fraction of sp³-hybridized carbons (Fsp3) is 0.700. The van der Waals surface area contributed by atoms with E-state index in [-0.39, 0.29) is 0 Å². The molecule has 1 amide bonds. The fourth-order valence-corrected chi connectivity index (χ4v) is 3.71. The van der Waals surface area contributed by atoms with Gasteiger partial charge in [0, 0.05) is 41.0 Å². The van der Waals surface area contributed by atoms with Gasteiger partial charge in [0.1, 0.15) is 18.8 Å². The predicted octanol–water partition coefficient (Wildman–Crippen LogP) is -0.254. The van der Waals surface area contributed by atoms with Crippen LogP contribution in [-0.2, 0) is 57.2 Å². The molecule has 0 aliphatic carbocycles. The van der Waals surface area contributed by atoms with E-state index >= 15 is 0 Å². The number of esters is 5. The third kappa shape index (κ3) is 8.45. The van der Waals surface area contributed by atoms with Crippen molar-refractivity contribution in [2.45, 2.75) is 76.6 Å². The number of carbonyl (C=O) groups is 6. The summed E-state index contributed by atoms with van der Waals surface area (Å²) < 4.78 is 31.2. The summed E-state index contributed by atoms with van der Waals surface area (Å²) in [6.45, 7) is 4.87. The van der Waals surface area contributed by atoms with Crippen molar-refractivity contribution < 1.29 is 57.2 Å². The van der Waals surface area contributed by atoms with Crippen LogP contribution < -0.4 is 5.32 Å². The maximum atomic E-state index is 12.4. The first-order valence-electron chi connectivity index (χ1n) is 10.1. The summed E-state index contributed by atoms with van der Waals surface area (Å²) >= 11 is 6.38. The number of methoxy groups -OCH3 is 1. The summed E-state index contributed by atoms with van der Waals surface area (Å²) in [6, 6.07) is -1.24. The van der Waals surface area contributed by atoms with Crippen LogP contribution in [0, 0.1) is 0 Å². The van der Waals surface area contributed by atoms with Crippen molar-refractivity contribution in [1.29, 1.82) is 0 Å².